The standard InChI is InChI=1S/C21H21ClN4O2/c22-17-8-6-16(7-9-17)12-14-23-19-10-11-20(26-25-19)24-21(27)13-15-28-18-4-2-1-3-5-18/h1-11H,12-15H2,(H,23,25)(H,24,26,27). The van der Waals surface area contributed by atoms with E-state index >= 15 is 0 Å². The number of nitrogens with zero attached hydrogens (tertiary/aromatic N) is 2. The first-order valence-electron chi connectivity index (χ1n) is 8.99. The normalized spacial score (nSPS) is 10.3. The molecule has 144 valence electrons. The number of anilines is 2. The molecular weight excluding hydrogens is 376 g/mol. The van der Waals surface area contributed by atoms with Crippen LogP contribution in [0, 0.1) is 0 Å². The quantitative estimate of drug-likeness (QED) is 0.567. The van der Waals surface area contributed by atoms with Gasteiger partial charge in [-0.05, 0) is 48.4 Å². The summed E-state index contributed by atoms with van der Waals surface area (Å²) in [6, 6.07) is 20.6. The van der Waals surface area contributed by atoms with E-state index in [0.29, 0.717) is 18.2 Å². The van der Waals surface area contributed by atoms with Crippen molar-refractivity contribution in [1.82, 2.24) is 10.2 Å². The lowest BCUT2D eigenvalue weighted by atomic mass is 10.1. The molecule has 3 rings (SSSR count). The minimum Gasteiger partial charge on any atom is -0.493 e. The Labute approximate surface area is 168 Å². The van der Waals surface area contributed by atoms with Crippen LogP contribution in [0.1, 0.15) is 12.0 Å². The molecule has 7 heteroatoms. The fourth-order valence-electron chi connectivity index (χ4n) is 2.46. The van der Waals surface area contributed by atoms with E-state index in [1.54, 1.807) is 12.1 Å². The molecule has 0 fully saturated rings. The molecule has 0 unspecified atom stereocenters. The molecule has 2 aromatic carbocycles. The van der Waals surface area contributed by atoms with Crippen molar-refractivity contribution in [3.63, 3.8) is 0 Å². The average Bonchev–Trinajstić information content (AvgIpc) is 2.72. The Kier molecular flexibility index (Phi) is 7.21. The molecule has 1 aromatic heterocycles. The zero-order valence-corrected chi connectivity index (χ0v) is 16.0. The maximum Gasteiger partial charge on any atom is 0.229 e. The molecule has 0 bridgehead atoms. The number of halogens is 1. The maximum absolute atomic E-state index is 12.0. The van der Waals surface area contributed by atoms with Gasteiger partial charge in [-0.15, -0.1) is 10.2 Å². The number of carbonyl (C=O) groups excluding carboxylic acids is 1. The van der Waals surface area contributed by atoms with Crippen molar-refractivity contribution >= 4 is 29.1 Å². The molecule has 0 saturated carbocycles. The number of carbonyl (C=O) groups is 1. The minimum absolute atomic E-state index is 0.173. The number of ether oxygens (including phenoxy) is 1. The number of hydrogen-bond donors (Lipinski definition) is 2. The van der Waals surface area contributed by atoms with Gasteiger partial charge in [0.25, 0.3) is 0 Å². The van der Waals surface area contributed by atoms with Crippen molar-refractivity contribution in [1.29, 1.82) is 0 Å². The number of nitrogens with one attached hydrogen (secondary N) is 2. The van der Waals surface area contributed by atoms with Crippen molar-refractivity contribution in [3.8, 4) is 5.75 Å². The van der Waals surface area contributed by atoms with E-state index in [4.69, 9.17) is 16.3 Å². The topological polar surface area (TPSA) is 76.1 Å². The van der Waals surface area contributed by atoms with E-state index in [2.05, 4.69) is 20.8 Å². The summed E-state index contributed by atoms with van der Waals surface area (Å²) >= 11 is 5.88. The molecule has 0 aliphatic heterocycles. The minimum atomic E-state index is -0.173. The smallest absolute Gasteiger partial charge is 0.229 e. The van der Waals surface area contributed by atoms with Crippen LogP contribution in [0.25, 0.3) is 0 Å². The van der Waals surface area contributed by atoms with Crippen molar-refractivity contribution < 1.29 is 9.53 Å². The highest BCUT2D eigenvalue weighted by Gasteiger charge is 2.05. The van der Waals surface area contributed by atoms with E-state index in [1.165, 1.54) is 5.56 Å². The third-order valence-corrected chi connectivity index (χ3v) is 4.16. The molecule has 2 N–H and O–H groups in total. The third-order valence-electron chi connectivity index (χ3n) is 3.91. The summed E-state index contributed by atoms with van der Waals surface area (Å²) < 4.78 is 5.51. The van der Waals surface area contributed by atoms with E-state index in [0.717, 1.165) is 23.7 Å². The van der Waals surface area contributed by atoms with Crippen LogP contribution >= 0.6 is 11.6 Å². The maximum atomic E-state index is 12.0. The van der Waals surface area contributed by atoms with Crippen LogP contribution in [0.2, 0.25) is 5.02 Å². The third kappa shape index (κ3) is 6.55. The number of amides is 1. The van der Waals surface area contributed by atoms with Crippen LogP contribution in [0.5, 0.6) is 5.75 Å². The van der Waals surface area contributed by atoms with Crippen molar-refractivity contribution in [3.05, 3.63) is 77.3 Å². The van der Waals surface area contributed by atoms with E-state index in [1.807, 2.05) is 54.6 Å². The van der Waals surface area contributed by atoms with E-state index < -0.39 is 0 Å². The molecule has 6 nitrogen and oxygen atoms in total. The molecule has 0 atom stereocenters. The zero-order chi connectivity index (χ0) is 19.6. The van der Waals surface area contributed by atoms with Gasteiger partial charge in [-0.3, -0.25) is 4.79 Å². The average molecular weight is 397 g/mol. The van der Waals surface area contributed by atoms with Gasteiger partial charge in [-0.1, -0.05) is 41.9 Å². The number of rotatable bonds is 9. The van der Waals surface area contributed by atoms with Crippen LogP contribution in [0.4, 0.5) is 11.6 Å². The van der Waals surface area contributed by atoms with Crippen LogP contribution in [0.3, 0.4) is 0 Å². The Hall–Kier alpha value is -3.12. The fraction of sp³-hybridized carbons (Fsp3) is 0.190. The highest BCUT2D eigenvalue weighted by molar-refractivity contribution is 6.30. The SMILES string of the molecule is O=C(CCOc1ccccc1)Nc1ccc(NCCc2ccc(Cl)cc2)nn1. The van der Waals surface area contributed by atoms with Crippen molar-refractivity contribution in [2.75, 3.05) is 23.8 Å². The van der Waals surface area contributed by atoms with Crippen molar-refractivity contribution in [2.45, 2.75) is 12.8 Å². The van der Waals surface area contributed by atoms with Crippen LogP contribution in [0.15, 0.2) is 66.7 Å². The predicted molar refractivity (Wildman–Crippen MR) is 111 cm³/mol. The first kappa shape index (κ1) is 19.6. The molecule has 0 radical (unpaired) electrons. The van der Waals surface area contributed by atoms with Gasteiger partial charge in [0.05, 0.1) is 13.0 Å². The number of aromatic nitrogens is 2. The van der Waals surface area contributed by atoms with Crippen LogP contribution < -0.4 is 15.4 Å². The largest absolute Gasteiger partial charge is 0.493 e. The lowest BCUT2D eigenvalue weighted by Crippen LogP contribution is -2.16. The summed E-state index contributed by atoms with van der Waals surface area (Å²) in [5.41, 5.74) is 1.19. The summed E-state index contributed by atoms with van der Waals surface area (Å²) in [6.07, 6.45) is 1.08. The van der Waals surface area contributed by atoms with Gasteiger partial charge in [0.1, 0.15) is 11.6 Å². The molecular formula is C21H21ClN4O2. The second kappa shape index (κ2) is 10.3. The Morgan fingerprint density at radius 3 is 2.36 bits per heavy atom. The molecule has 3 aromatic rings. The highest BCUT2D eigenvalue weighted by atomic mass is 35.5. The Morgan fingerprint density at radius 2 is 1.64 bits per heavy atom. The fourth-order valence-corrected chi connectivity index (χ4v) is 2.59. The van der Waals surface area contributed by atoms with Crippen LogP contribution in [-0.4, -0.2) is 29.3 Å². The van der Waals surface area contributed by atoms with Gasteiger partial charge >= 0.3 is 0 Å². The Morgan fingerprint density at radius 1 is 0.929 bits per heavy atom. The lowest BCUT2D eigenvalue weighted by Gasteiger charge is -2.08. The van der Waals surface area contributed by atoms with Gasteiger partial charge in [0.15, 0.2) is 5.82 Å². The zero-order valence-electron chi connectivity index (χ0n) is 15.3. The summed E-state index contributed by atoms with van der Waals surface area (Å²) in [6.45, 7) is 1.02. The first-order valence-corrected chi connectivity index (χ1v) is 9.36. The Bertz CT molecular complexity index is 871. The van der Waals surface area contributed by atoms with Gasteiger partial charge in [-0.2, -0.15) is 0 Å². The lowest BCUT2D eigenvalue weighted by molar-refractivity contribution is -0.116. The molecule has 0 spiro atoms. The Balaban J connectivity index is 1.37. The number of benzene rings is 2. The summed E-state index contributed by atoms with van der Waals surface area (Å²) in [5.74, 6) is 1.63. The first-order chi connectivity index (χ1) is 13.7. The second-order valence-corrected chi connectivity index (χ2v) is 6.50. The predicted octanol–water partition coefficient (Wildman–Crippen LogP) is 4.19. The number of hydrogen-bond acceptors (Lipinski definition) is 5. The molecule has 1 heterocycles. The van der Waals surface area contributed by atoms with Gasteiger partial charge in [0.2, 0.25) is 5.91 Å². The molecule has 0 aliphatic carbocycles. The van der Waals surface area contributed by atoms with Gasteiger partial charge in [0, 0.05) is 11.6 Å². The van der Waals surface area contributed by atoms with Crippen molar-refractivity contribution in [2.24, 2.45) is 0 Å². The summed E-state index contributed by atoms with van der Waals surface area (Å²) in [5, 5.41) is 14.7. The van der Waals surface area contributed by atoms with Gasteiger partial charge in [-0.25, -0.2) is 0 Å². The molecule has 0 aliphatic rings. The summed E-state index contributed by atoms with van der Waals surface area (Å²) in [7, 11) is 0. The molecule has 0 saturated heterocycles. The summed E-state index contributed by atoms with van der Waals surface area (Å²) in [4.78, 5) is 12.0. The van der Waals surface area contributed by atoms with E-state index in [-0.39, 0.29) is 12.3 Å². The second-order valence-electron chi connectivity index (χ2n) is 6.07. The molecule has 1 amide bonds. The van der Waals surface area contributed by atoms with E-state index in [9.17, 15) is 4.79 Å². The monoisotopic (exact) mass is 396 g/mol. The highest BCUT2D eigenvalue weighted by Crippen LogP contribution is 2.11. The molecule has 28 heavy (non-hydrogen) atoms. The number of para-hydroxylation sites is 1. The van der Waals surface area contributed by atoms with Gasteiger partial charge < -0.3 is 15.4 Å². The van der Waals surface area contributed by atoms with Crippen LogP contribution in [-0.2, 0) is 11.2 Å².